The Balaban J connectivity index is 2.14. The fraction of sp³-hybridized carbons (Fsp3) is 0.462. The average Bonchev–Trinajstić information content (AvgIpc) is 2.30. The third-order valence-corrected chi connectivity index (χ3v) is 3.00. The number of ether oxygens (including phenoxy) is 1. The Labute approximate surface area is 95.0 Å². The summed E-state index contributed by atoms with van der Waals surface area (Å²) in [5.74, 6) is -0.309. The summed E-state index contributed by atoms with van der Waals surface area (Å²) in [5, 5.41) is 10.1. The van der Waals surface area contributed by atoms with Crippen molar-refractivity contribution in [1.82, 2.24) is 0 Å². The van der Waals surface area contributed by atoms with Crippen LogP contribution in [0.1, 0.15) is 23.7 Å². The average molecular weight is 220 g/mol. The summed E-state index contributed by atoms with van der Waals surface area (Å²) in [7, 11) is 0. The highest BCUT2D eigenvalue weighted by Crippen LogP contribution is 2.26. The van der Waals surface area contributed by atoms with E-state index >= 15 is 0 Å². The number of hydrogen-bond acceptors (Lipinski definition) is 3. The summed E-state index contributed by atoms with van der Waals surface area (Å²) < 4.78 is 5.24. The van der Waals surface area contributed by atoms with Gasteiger partial charge in [0.15, 0.2) is 0 Å². The number of aryl methyl sites for hydroxylation is 1. The first-order valence-electron chi connectivity index (χ1n) is 5.53. The molecule has 3 nitrogen and oxygen atoms in total. The number of hydrogen-bond donors (Lipinski definition) is 1. The molecule has 1 aromatic rings. The molecule has 0 aliphatic carbocycles. The van der Waals surface area contributed by atoms with Crippen molar-refractivity contribution in [1.29, 1.82) is 0 Å². The summed E-state index contributed by atoms with van der Waals surface area (Å²) in [6, 6.07) is 7.60. The molecule has 16 heavy (non-hydrogen) atoms. The van der Waals surface area contributed by atoms with Crippen molar-refractivity contribution in [2.75, 3.05) is 13.2 Å². The second-order valence-corrected chi connectivity index (χ2v) is 4.25. The third-order valence-electron chi connectivity index (χ3n) is 3.00. The molecule has 1 aliphatic rings. The van der Waals surface area contributed by atoms with Gasteiger partial charge < -0.3 is 9.84 Å². The quantitative estimate of drug-likeness (QED) is 0.824. The van der Waals surface area contributed by atoms with Crippen LogP contribution in [0.4, 0.5) is 0 Å². The molecular weight excluding hydrogens is 204 g/mol. The predicted octanol–water partition coefficient (Wildman–Crippen LogP) is 1.63. The molecule has 1 saturated heterocycles. The fourth-order valence-corrected chi connectivity index (χ4v) is 1.92. The van der Waals surface area contributed by atoms with Gasteiger partial charge in [-0.25, -0.2) is 0 Å². The molecule has 3 heteroatoms. The Kier molecular flexibility index (Phi) is 3.36. The largest absolute Gasteiger partial charge is 0.388 e. The topological polar surface area (TPSA) is 46.5 Å². The van der Waals surface area contributed by atoms with Gasteiger partial charge in [-0.05, 0) is 12.5 Å². The summed E-state index contributed by atoms with van der Waals surface area (Å²) in [6.45, 7) is 2.80. The van der Waals surface area contributed by atoms with E-state index in [9.17, 15) is 9.90 Å². The Morgan fingerprint density at radius 1 is 1.38 bits per heavy atom. The van der Waals surface area contributed by atoms with E-state index in [2.05, 4.69) is 0 Å². The van der Waals surface area contributed by atoms with Crippen LogP contribution in [-0.4, -0.2) is 24.1 Å². The van der Waals surface area contributed by atoms with Crippen LogP contribution >= 0.6 is 0 Å². The van der Waals surface area contributed by atoms with Gasteiger partial charge in [0.2, 0.25) is 0 Å². The van der Waals surface area contributed by atoms with Gasteiger partial charge in [0, 0.05) is 6.42 Å². The highest BCUT2D eigenvalue weighted by Gasteiger charge is 2.30. The fourth-order valence-electron chi connectivity index (χ4n) is 1.92. The molecule has 1 heterocycles. The van der Waals surface area contributed by atoms with E-state index < -0.39 is 12.0 Å². The molecule has 1 N–H and O–H groups in total. The molecule has 1 aliphatic heterocycles. The van der Waals surface area contributed by atoms with Crippen LogP contribution in [0.3, 0.4) is 0 Å². The maximum Gasteiger partial charge on any atom is 0.143 e. The van der Waals surface area contributed by atoms with Crippen molar-refractivity contribution >= 4 is 5.78 Å². The molecule has 0 aromatic heterocycles. The predicted molar refractivity (Wildman–Crippen MR) is 60.1 cm³/mol. The number of aliphatic hydroxyl groups excluding tert-OH is 1. The molecule has 2 rings (SSSR count). The molecule has 1 fully saturated rings. The van der Waals surface area contributed by atoms with Crippen molar-refractivity contribution in [3.63, 3.8) is 0 Å². The number of ketones is 1. The number of aliphatic hydroxyl groups is 1. The van der Waals surface area contributed by atoms with Gasteiger partial charge in [-0.1, -0.05) is 29.8 Å². The second-order valence-electron chi connectivity index (χ2n) is 4.25. The van der Waals surface area contributed by atoms with Gasteiger partial charge >= 0.3 is 0 Å². The molecule has 0 amide bonds. The molecular formula is C13H16O3. The lowest BCUT2D eigenvalue weighted by molar-refractivity contribution is -0.136. The minimum Gasteiger partial charge on any atom is -0.388 e. The van der Waals surface area contributed by atoms with Gasteiger partial charge in [0.1, 0.15) is 5.78 Å². The second kappa shape index (κ2) is 4.76. The summed E-state index contributed by atoms with van der Waals surface area (Å²) in [4.78, 5) is 11.6. The maximum atomic E-state index is 11.6. The van der Waals surface area contributed by atoms with Crippen molar-refractivity contribution in [2.45, 2.75) is 19.4 Å². The van der Waals surface area contributed by atoms with Crippen LogP contribution in [-0.2, 0) is 9.53 Å². The van der Waals surface area contributed by atoms with Gasteiger partial charge in [-0.2, -0.15) is 0 Å². The number of carbonyl (C=O) groups excluding carboxylic acids is 1. The zero-order valence-corrected chi connectivity index (χ0v) is 9.35. The SMILES string of the molecule is Cc1ccc([C@@H](O)[C@H]2COCCC2=O)cc1. The zero-order chi connectivity index (χ0) is 11.5. The summed E-state index contributed by atoms with van der Waals surface area (Å²) >= 11 is 0. The van der Waals surface area contributed by atoms with Crippen molar-refractivity contribution in [3.05, 3.63) is 35.4 Å². The van der Waals surface area contributed by atoms with Gasteiger partial charge in [0.05, 0.1) is 25.2 Å². The monoisotopic (exact) mass is 220 g/mol. The lowest BCUT2D eigenvalue weighted by Crippen LogP contribution is -2.32. The number of rotatable bonds is 2. The van der Waals surface area contributed by atoms with Crippen molar-refractivity contribution < 1.29 is 14.6 Å². The Morgan fingerprint density at radius 3 is 2.69 bits per heavy atom. The summed E-state index contributed by atoms with van der Waals surface area (Å²) in [5.41, 5.74) is 1.93. The van der Waals surface area contributed by atoms with E-state index in [0.29, 0.717) is 19.6 Å². The lowest BCUT2D eigenvalue weighted by Gasteiger charge is -2.25. The normalized spacial score (nSPS) is 23.1. The minimum atomic E-state index is -0.742. The van der Waals surface area contributed by atoms with Crippen LogP contribution < -0.4 is 0 Å². The molecule has 0 spiro atoms. The summed E-state index contributed by atoms with van der Waals surface area (Å²) in [6.07, 6.45) is -0.332. The first kappa shape index (κ1) is 11.3. The van der Waals surface area contributed by atoms with Crippen LogP contribution in [0.2, 0.25) is 0 Å². The molecule has 0 unspecified atom stereocenters. The highest BCUT2D eigenvalue weighted by molar-refractivity contribution is 5.82. The Hall–Kier alpha value is -1.19. The number of carbonyl (C=O) groups is 1. The van der Waals surface area contributed by atoms with Crippen LogP contribution in [0, 0.1) is 12.8 Å². The molecule has 0 saturated carbocycles. The first-order chi connectivity index (χ1) is 7.68. The zero-order valence-electron chi connectivity index (χ0n) is 9.35. The smallest absolute Gasteiger partial charge is 0.143 e. The third kappa shape index (κ3) is 2.31. The minimum absolute atomic E-state index is 0.0966. The van der Waals surface area contributed by atoms with E-state index in [1.54, 1.807) is 0 Å². The first-order valence-corrected chi connectivity index (χ1v) is 5.53. The lowest BCUT2D eigenvalue weighted by atomic mass is 9.90. The molecule has 86 valence electrons. The van der Waals surface area contributed by atoms with Crippen molar-refractivity contribution in [3.8, 4) is 0 Å². The number of Topliss-reactive ketones (excluding diaryl/α,β-unsaturated/α-hetero) is 1. The van der Waals surface area contributed by atoms with E-state index in [4.69, 9.17) is 4.74 Å². The molecule has 0 radical (unpaired) electrons. The van der Waals surface area contributed by atoms with Gasteiger partial charge in [-0.3, -0.25) is 4.79 Å². The Bertz CT molecular complexity index is 369. The van der Waals surface area contributed by atoms with Crippen molar-refractivity contribution in [2.24, 2.45) is 5.92 Å². The van der Waals surface area contributed by atoms with Gasteiger partial charge in [-0.15, -0.1) is 0 Å². The Morgan fingerprint density at radius 2 is 2.06 bits per heavy atom. The standard InChI is InChI=1S/C13H16O3/c1-9-2-4-10(5-3-9)13(15)11-8-16-7-6-12(11)14/h2-5,11,13,15H,6-8H2,1H3/t11-,13+/m0/s1. The maximum absolute atomic E-state index is 11.6. The van der Waals surface area contributed by atoms with Crippen LogP contribution in [0.25, 0.3) is 0 Å². The van der Waals surface area contributed by atoms with E-state index in [1.807, 2.05) is 31.2 Å². The molecule has 1 aromatic carbocycles. The highest BCUT2D eigenvalue weighted by atomic mass is 16.5. The van der Waals surface area contributed by atoms with Crippen LogP contribution in [0.15, 0.2) is 24.3 Å². The number of benzene rings is 1. The van der Waals surface area contributed by atoms with E-state index in [1.165, 1.54) is 0 Å². The molecule has 0 bridgehead atoms. The van der Waals surface area contributed by atoms with E-state index in [0.717, 1.165) is 11.1 Å². The molecule has 2 atom stereocenters. The van der Waals surface area contributed by atoms with E-state index in [-0.39, 0.29) is 5.78 Å². The van der Waals surface area contributed by atoms with Gasteiger partial charge in [0.25, 0.3) is 0 Å². The van der Waals surface area contributed by atoms with Crippen LogP contribution in [0.5, 0.6) is 0 Å².